The summed E-state index contributed by atoms with van der Waals surface area (Å²) < 4.78 is 27.7. The molecule has 9 heteroatoms. The third-order valence-electron chi connectivity index (χ3n) is 5.69. The van der Waals surface area contributed by atoms with Gasteiger partial charge in [-0.2, -0.15) is 0 Å². The number of hydrogen-bond acceptors (Lipinski definition) is 4. The van der Waals surface area contributed by atoms with Crippen LogP contribution in [0.1, 0.15) is 51.2 Å². The lowest BCUT2D eigenvalue weighted by Gasteiger charge is -2.25. The Bertz CT molecular complexity index is 1040. The van der Waals surface area contributed by atoms with Crippen LogP contribution in [0.5, 0.6) is 0 Å². The number of aryl methyl sites for hydroxylation is 1. The number of anilines is 2. The molecule has 164 valence electrons. The number of nitrogens with zero attached hydrogens (tertiary/aromatic N) is 2. The van der Waals surface area contributed by atoms with Gasteiger partial charge in [0.1, 0.15) is 5.82 Å². The van der Waals surface area contributed by atoms with Crippen molar-refractivity contribution in [3.8, 4) is 0 Å². The predicted molar refractivity (Wildman–Crippen MR) is 115 cm³/mol. The molecule has 0 bridgehead atoms. The third-order valence-corrected chi connectivity index (χ3v) is 6.07. The van der Waals surface area contributed by atoms with Crippen molar-refractivity contribution in [2.75, 3.05) is 29.9 Å². The highest BCUT2D eigenvalue weighted by atomic mass is 35.5. The van der Waals surface area contributed by atoms with Crippen molar-refractivity contribution in [3.63, 3.8) is 0 Å². The highest BCUT2D eigenvalue weighted by Gasteiger charge is 2.33. The van der Waals surface area contributed by atoms with Crippen molar-refractivity contribution < 1.29 is 18.4 Å². The highest BCUT2D eigenvalue weighted by Crippen LogP contribution is 2.32. The first kappa shape index (κ1) is 21.5. The summed E-state index contributed by atoms with van der Waals surface area (Å²) in [5.41, 5.74) is 2.65. The van der Waals surface area contributed by atoms with Gasteiger partial charge in [0.2, 0.25) is 5.92 Å². The Balaban J connectivity index is 1.63. The smallest absolute Gasteiger partial charge is 0.259 e. The summed E-state index contributed by atoms with van der Waals surface area (Å²) in [6.45, 7) is 2.77. The van der Waals surface area contributed by atoms with Crippen LogP contribution in [-0.4, -0.2) is 42.4 Å². The molecular weight excluding hydrogens is 426 g/mol. The largest absolute Gasteiger partial charge is 0.356 e. The number of amides is 2. The lowest BCUT2D eigenvalue weighted by Crippen LogP contribution is -2.32. The van der Waals surface area contributed by atoms with E-state index in [-0.39, 0.29) is 30.9 Å². The van der Waals surface area contributed by atoms with E-state index in [0.717, 1.165) is 12.0 Å². The number of benzene rings is 1. The zero-order valence-electron chi connectivity index (χ0n) is 17.1. The van der Waals surface area contributed by atoms with Gasteiger partial charge >= 0.3 is 0 Å². The zero-order chi connectivity index (χ0) is 22.2. The van der Waals surface area contributed by atoms with Crippen molar-refractivity contribution >= 4 is 34.9 Å². The molecule has 6 nitrogen and oxygen atoms in total. The first-order chi connectivity index (χ1) is 14.7. The van der Waals surface area contributed by atoms with E-state index in [9.17, 15) is 18.4 Å². The Morgan fingerprint density at radius 3 is 2.87 bits per heavy atom. The number of pyridine rings is 1. The summed E-state index contributed by atoms with van der Waals surface area (Å²) in [4.78, 5) is 31.4. The Morgan fingerprint density at radius 2 is 2.06 bits per heavy atom. The molecule has 2 amide bonds. The van der Waals surface area contributed by atoms with Gasteiger partial charge in [-0.1, -0.05) is 17.7 Å². The molecule has 0 unspecified atom stereocenters. The van der Waals surface area contributed by atoms with Gasteiger partial charge in [-0.25, -0.2) is 13.8 Å². The van der Waals surface area contributed by atoms with Crippen LogP contribution in [0.25, 0.3) is 0 Å². The Hall–Kier alpha value is -2.74. The molecule has 31 heavy (non-hydrogen) atoms. The maximum atomic E-state index is 13.8. The van der Waals surface area contributed by atoms with Crippen LogP contribution in [0.2, 0.25) is 5.02 Å². The molecule has 3 heterocycles. The predicted octanol–water partition coefficient (Wildman–Crippen LogP) is 4.21. The van der Waals surface area contributed by atoms with Crippen molar-refractivity contribution in [2.45, 2.75) is 38.5 Å². The molecule has 1 saturated heterocycles. The lowest BCUT2D eigenvalue weighted by molar-refractivity contribution is -0.0102. The van der Waals surface area contributed by atoms with E-state index in [4.69, 9.17) is 11.6 Å². The fraction of sp³-hybridized carbons (Fsp3) is 0.409. The third kappa shape index (κ3) is 4.63. The van der Waals surface area contributed by atoms with Gasteiger partial charge in [0.25, 0.3) is 11.8 Å². The second-order valence-corrected chi connectivity index (χ2v) is 8.36. The van der Waals surface area contributed by atoms with E-state index in [1.807, 2.05) is 6.07 Å². The van der Waals surface area contributed by atoms with Crippen molar-refractivity contribution in [1.82, 2.24) is 10.3 Å². The molecule has 1 aromatic carbocycles. The van der Waals surface area contributed by atoms with Crippen LogP contribution in [0.15, 0.2) is 24.3 Å². The van der Waals surface area contributed by atoms with Crippen molar-refractivity contribution in [3.05, 3.63) is 51.7 Å². The van der Waals surface area contributed by atoms with E-state index < -0.39 is 11.8 Å². The molecule has 2 aliphatic heterocycles. The molecule has 0 spiro atoms. The van der Waals surface area contributed by atoms with Gasteiger partial charge < -0.3 is 15.5 Å². The average molecular weight is 449 g/mol. The number of rotatable bonds is 3. The summed E-state index contributed by atoms with van der Waals surface area (Å²) in [7, 11) is 0. The van der Waals surface area contributed by atoms with Gasteiger partial charge in [0, 0.05) is 43.7 Å². The maximum absolute atomic E-state index is 13.8. The highest BCUT2D eigenvalue weighted by molar-refractivity contribution is 6.31. The van der Waals surface area contributed by atoms with Crippen LogP contribution in [0.3, 0.4) is 0 Å². The quantitative estimate of drug-likeness (QED) is 0.737. The molecule has 2 aliphatic rings. The minimum atomic E-state index is -2.72. The zero-order valence-corrected chi connectivity index (χ0v) is 17.9. The molecule has 0 atom stereocenters. The van der Waals surface area contributed by atoms with Gasteiger partial charge in [-0.05, 0) is 43.5 Å². The summed E-state index contributed by atoms with van der Waals surface area (Å²) in [6, 6.07) is 6.71. The molecule has 0 aliphatic carbocycles. The number of nitrogens with one attached hydrogen (secondary N) is 2. The molecule has 1 fully saturated rings. The second kappa shape index (κ2) is 8.42. The topological polar surface area (TPSA) is 74.3 Å². The normalized spacial score (nSPS) is 18.1. The standard InChI is InChI=1S/C22H23ClF2N4O2/c1-13-18(23)12-17(19(27-13)29-9-2-6-22(24,25)7-10-29)21(31)28-15-4-3-14-5-8-26-20(30)16(14)11-15/h3-4,11-12H,2,5-10H2,1H3,(H,26,30)(H,28,31). The van der Waals surface area contributed by atoms with Crippen LogP contribution in [0.4, 0.5) is 20.3 Å². The van der Waals surface area contributed by atoms with E-state index in [1.165, 1.54) is 6.07 Å². The minimum absolute atomic E-state index is 0.0976. The number of halogens is 3. The van der Waals surface area contributed by atoms with Gasteiger partial charge in [-0.3, -0.25) is 9.59 Å². The summed E-state index contributed by atoms with van der Waals surface area (Å²) in [6.07, 6.45) is 0.556. The van der Waals surface area contributed by atoms with E-state index in [0.29, 0.717) is 47.3 Å². The van der Waals surface area contributed by atoms with Crippen molar-refractivity contribution in [2.24, 2.45) is 0 Å². The number of alkyl halides is 2. The monoisotopic (exact) mass is 448 g/mol. The molecule has 0 saturated carbocycles. The molecule has 1 aromatic heterocycles. The SMILES string of the molecule is Cc1nc(N2CCCC(F)(F)CC2)c(C(=O)Nc2ccc3c(c2)C(=O)NCC3)cc1Cl. The van der Waals surface area contributed by atoms with Gasteiger partial charge in [0.05, 0.1) is 16.3 Å². The van der Waals surface area contributed by atoms with Crippen molar-refractivity contribution in [1.29, 1.82) is 0 Å². The number of fused-ring (bicyclic) bond motifs is 1. The molecule has 4 rings (SSSR count). The molecule has 2 N–H and O–H groups in total. The molecule has 0 radical (unpaired) electrons. The Morgan fingerprint density at radius 1 is 1.26 bits per heavy atom. The van der Waals surface area contributed by atoms with Crippen LogP contribution >= 0.6 is 11.6 Å². The van der Waals surface area contributed by atoms with Gasteiger partial charge in [0.15, 0.2) is 0 Å². The first-order valence-corrected chi connectivity index (χ1v) is 10.6. The van der Waals surface area contributed by atoms with Crippen LogP contribution in [0, 0.1) is 6.92 Å². The summed E-state index contributed by atoms with van der Waals surface area (Å²) in [5, 5.41) is 5.89. The fourth-order valence-electron chi connectivity index (χ4n) is 3.94. The number of carbonyl (C=O) groups is 2. The summed E-state index contributed by atoms with van der Waals surface area (Å²) >= 11 is 6.23. The second-order valence-electron chi connectivity index (χ2n) is 7.96. The van der Waals surface area contributed by atoms with E-state index in [1.54, 1.807) is 24.0 Å². The molecule has 2 aromatic rings. The molecular formula is C22H23ClF2N4O2. The number of carbonyl (C=O) groups excluding carboxylic acids is 2. The lowest BCUT2D eigenvalue weighted by atomic mass is 10.00. The van der Waals surface area contributed by atoms with Gasteiger partial charge in [-0.15, -0.1) is 0 Å². The number of hydrogen-bond donors (Lipinski definition) is 2. The van der Waals surface area contributed by atoms with E-state index in [2.05, 4.69) is 15.6 Å². The van der Waals surface area contributed by atoms with E-state index >= 15 is 0 Å². The van der Waals surface area contributed by atoms with Crippen LogP contribution < -0.4 is 15.5 Å². The Labute approximate surface area is 184 Å². The first-order valence-electron chi connectivity index (χ1n) is 10.3. The Kier molecular flexibility index (Phi) is 5.83. The minimum Gasteiger partial charge on any atom is -0.356 e. The van der Waals surface area contributed by atoms with Crippen LogP contribution in [-0.2, 0) is 6.42 Å². The fourth-order valence-corrected chi connectivity index (χ4v) is 4.09. The maximum Gasteiger partial charge on any atom is 0.259 e. The summed E-state index contributed by atoms with van der Waals surface area (Å²) in [5.74, 6) is -3.02. The number of aromatic nitrogens is 1. The average Bonchev–Trinajstić information content (AvgIpc) is 2.90.